The van der Waals surface area contributed by atoms with Crippen LogP contribution in [0.25, 0.3) is 0 Å². The molecule has 0 atom stereocenters. The van der Waals surface area contributed by atoms with E-state index in [1.807, 2.05) is 19.0 Å². The Kier molecular flexibility index (Phi) is 4.89. The SMILES string of the molecule is Cc1nn(C)c(C)c1S(=O)(=O)NCCCN(C)C. The van der Waals surface area contributed by atoms with Gasteiger partial charge in [-0.15, -0.1) is 0 Å². The quantitative estimate of drug-likeness (QED) is 0.756. The van der Waals surface area contributed by atoms with Crippen molar-refractivity contribution >= 4 is 10.0 Å². The van der Waals surface area contributed by atoms with Gasteiger partial charge in [0.2, 0.25) is 10.0 Å². The lowest BCUT2D eigenvalue weighted by atomic mass is 10.4. The second-order valence-corrected chi connectivity index (χ2v) is 6.38. The lowest BCUT2D eigenvalue weighted by molar-refractivity contribution is 0.400. The lowest BCUT2D eigenvalue weighted by Crippen LogP contribution is -2.28. The summed E-state index contributed by atoms with van der Waals surface area (Å²) >= 11 is 0. The average molecular weight is 274 g/mol. The van der Waals surface area contributed by atoms with Gasteiger partial charge in [0.15, 0.2) is 0 Å². The van der Waals surface area contributed by atoms with Crippen molar-refractivity contribution in [2.75, 3.05) is 27.2 Å². The molecule has 0 spiro atoms. The van der Waals surface area contributed by atoms with E-state index in [1.54, 1.807) is 25.6 Å². The monoisotopic (exact) mass is 274 g/mol. The first-order chi connectivity index (χ1) is 8.25. The Morgan fingerprint density at radius 1 is 1.33 bits per heavy atom. The zero-order valence-corrected chi connectivity index (χ0v) is 12.5. The molecule has 0 aliphatic heterocycles. The minimum absolute atomic E-state index is 0.301. The van der Waals surface area contributed by atoms with Crippen LogP contribution in [0, 0.1) is 13.8 Å². The number of aromatic nitrogens is 2. The minimum atomic E-state index is -3.45. The Balaban J connectivity index is 2.75. The van der Waals surface area contributed by atoms with Gasteiger partial charge >= 0.3 is 0 Å². The summed E-state index contributed by atoms with van der Waals surface area (Å²) in [5.74, 6) is 0. The summed E-state index contributed by atoms with van der Waals surface area (Å²) in [7, 11) is 2.22. The summed E-state index contributed by atoms with van der Waals surface area (Å²) in [6.07, 6.45) is 0.782. The molecule has 0 aromatic carbocycles. The summed E-state index contributed by atoms with van der Waals surface area (Å²) in [6.45, 7) is 4.76. The van der Waals surface area contributed by atoms with Crippen LogP contribution >= 0.6 is 0 Å². The van der Waals surface area contributed by atoms with Gasteiger partial charge in [0.25, 0.3) is 0 Å². The molecule has 1 heterocycles. The van der Waals surface area contributed by atoms with Gasteiger partial charge in [-0.25, -0.2) is 13.1 Å². The second-order valence-electron chi connectivity index (χ2n) is 4.68. The van der Waals surface area contributed by atoms with Crippen LogP contribution in [-0.4, -0.2) is 50.3 Å². The summed E-state index contributed by atoms with van der Waals surface area (Å²) in [5, 5.41) is 4.12. The van der Waals surface area contributed by atoms with Gasteiger partial charge in [-0.3, -0.25) is 4.68 Å². The van der Waals surface area contributed by atoms with Gasteiger partial charge in [-0.05, 0) is 40.9 Å². The van der Waals surface area contributed by atoms with Crippen LogP contribution in [0.4, 0.5) is 0 Å². The second kappa shape index (κ2) is 5.81. The van der Waals surface area contributed by atoms with Crippen LogP contribution in [0.3, 0.4) is 0 Å². The Labute approximate surface area is 109 Å². The smallest absolute Gasteiger partial charge is 0.244 e. The Hall–Kier alpha value is -0.920. The van der Waals surface area contributed by atoms with E-state index in [0.717, 1.165) is 13.0 Å². The van der Waals surface area contributed by atoms with E-state index in [4.69, 9.17) is 0 Å². The number of hydrogen-bond acceptors (Lipinski definition) is 4. The predicted molar refractivity (Wildman–Crippen MR) is 71.0 cm³/mol. The van der Waals surface area contributed by atoms with E-state index in [0.29, 0.717) is 22.8 Å². The highest BCUT2D eigenvalue weighted by molar-refractivity contribution is 7.89. The third kappa shape index (κ3) is 3.54. The van der Waals surface area contributed by atoms with Crippen LogP contribution in [0.5, 0.6) is 0 Å². The third-order valence-corrected chi connectivity index (χ3v) is 4.50. The molecule has 0 saturated carbocycles. The molecular weight excluding hydrogens is 252 g/mol. The van der Waals surface area contributed by atoms with Crippen molar-refractivity contribution in [2.24, 2.45) is 7.05 Å². The van der Waals surface area contributed by atoms with E-state index in [-0.39, 0.29) is 0 Å². The van der Waals surface area contributed by atoms with E-state index in [2.05, 4.69) is 9.82 Å². The lowest BCUT2D eigenvalue weighted by Gasteiger charge is -2.10. The molecule has 0 amide bonds. The van der Waals surface area contributed by atoms with Crippen LogP contribution < -0.4 is 4.72 Å². The summed E-state index contributed by atoms with van der Waals surface area (Å²) < 4.78 is 28.5. The molecule has 1 aromatic heterocycles. The first kappa shape index (κ1) is 15.1. The van der Waals surface area contributed by atoms with Crippen molar-refractivity contribution in [1.82, 2.24) is 19.4 Å². The molecule has 1 rings (SSSR count). The van der Waals surface area contributed by atoms with E-state index in [1.165, 1.54) is 0 Å². The van der Waals surface area contributed by atoms with Gasteiger partial charge in [-0.2, -0.15) is 5.10 Å². The maximum absolute atomic E-state index is 12.2. The van der Waals surface area contributed by atoms with Crippen molar-refractivity contribution in [3.63, 3.8) is 0 Å². The van der Waals surface area contributed by atoms with Gasteiger partial charge < -0.3 is 4.90 Å². The van der Waals surface area contributed by atoms with Crippen LogP contribution in [0.15, 0.2) is 4.90 Å². The number of aryl methyl sites for hydroxylation is 2. The molecule has 1 aromatic rings. The fraction of sp³-hybridized carbons (Fsp3) is 0.727. The molecule has 18 heavy (non-hydrogen) atoms. The minimum Gasteiger partial charge on any atom is -0.309 e. The van der Waals surface area contributed by atoms with Crippen LogP contribution in [-0.2, 0) is 17.1 Å². The normalized spacial score (nSPS) is 12.3. The molecule has 6 nitrogen and oxygen atoms in total. The zero-order valence-electron chi connectivity index (χ0n) is 11.7. The average Bonchev–Trinajstić information content (AvgIpc) is 2.48. The fourth-order valence-electron chi connectivity index (χ4n) is 1.82. The maximum atomic E-state index is 12.2. The number of nitrogens with zero attached hydrogens (tertiary/aromatic N) is 3. The number of hydrogen-bond donors (Lipinski definition) is 1. The summed E-state index contributed by atoms with van der Waals surface area (Å²) in [5.41, 5.74) is 1.20. The van der Waals surface area contributed by atoms with Gasteiger partial charge in [0.05, 0.1) is 11.4 Å². The molecule has 0 saturated heterocycles. The van der Waals surface area contributed by atoms with Crippen molar-refractivity contribution in [1.29, 1.82) is 0 Å². The van der Waals surface area contributed by atoms with Gasteiger partial charge in [0.1, 0.15) is 4.90 Å². The van der Waals surface area contributed by atoms with Crippen molar-refractivity contribution in [3.8, 4) is 0 Å². The topological polar surface area (TPSA) is 67.2 Å². The van der Waals surface area contributed by atoms with Gasteiger partial charge in [0, 0.05) is 13.6 Å². The zero-order chi connectivity index (χ0) is 13.9. The molecule has 0 unspecified atom stereocenters. The predicted octanol–water partition coefficient (Wildman–Crippen LogP) is 0.267. The third-order valence-electron chi connectivity index (χ3n) is 2.79. The molecule has 0 fully saturated rings. The maximum Gasteiger partial charge on any atom is 0.244 e. The highest BCUT2D eigenvalue weighted by atomic mass is 32.2. The first-order valence-electron chi connectivity index (χ1n) is 5.90. The Morgan fingerprint density at radius 3 is 2.39 bits per heavy atom. The molecule has 104 valence electrons. The Morgan fingerprint density at radius 2 is 1.94 bits per heavy atom. The fourth-order valence-corrected chi connectivity index (χ4v) is 3.33. The van der Waals surface area contributed by atoms with E-state index < -0.39 is 10.0 Å². The van der Waals surface area contributed by atoms with E-state index >= 15 is 0 Å². The Bertz CT molecular complexity index is 505. The molecule has 0 aliphatic carbocycles. The largest absolute Gasteiger partial charge is 0.309 e. The van der Waals surface area contributed by atoms with Crippen molar-refractivity contribution in [2.45, 2.75) is 25.2 Å². The van der Waals surface area contributed by atoms with Gasteiger partial charge in [-0.1, -0.05) is 0 Å². The molecule has 1 N–H and O–H groups in total. The first-order valence-corrected chi connectivity index (χ1v) is 7.38. The number of nitrogens with one attached hydrogen (secondary N) is 1. The van der Waals surface area contributed by atoms with Crippen molar-refractivity contribution < 1.29 is 8.42 Å². The van der Waals surface area contributed by atoms with Crippen LogP contribution in [0.2, 0.25) is 0 Å². The highest BCUT2D eigenvalue weighted by Crippen LogP contribution is 2.17. The number of rotatable bonds is 6. The molecule has 0 radical (unpaired) electrons. The molecule has 0 aliphatic rings. The summed E-state index contributed by atoms with van der Waals surface area (Å²) in [4.78, 5) is 2.32. The van der Waals surface area contributed by atoms with Crippen LogP contribution in [0.1, 0.15) is 17.8 Å². The molecule has 7 heteroatoms. The van der Waals surface area contributed by atoms with Crippen molar-refractivity contribution in [3.05, 3.63) is 11.4 Å². The highest BCUT2D eigenvalue weighted by Gasteiger charge is 2.22. The standard InChI is InChI=1S/C11H22N4O2S/c1-9-11(10(2)15(5)13-9)18(16,17)12-7-6-8-14(3)4/h12H,6-8H2,1-5H3. The summed E-state index contributed by atoms with van der Waals surface area (Å²) in [6, 6.07) is 0. The molecule has 0 bridgehead atoms. The van der Waals surface area contributed by atoms with E-state index in [9.17, 15) is 8.42 Å². The number of sulfonamides is 1. The molecular formula is C11H22N4O2S.